The zero-order valence-electron chi connectivity index (χ0n) is 14.7. The molecule has 1 amide bonds. The minimum absolute atomic E-state index is 0.0968. The Labute approximate surface area is 168 Å². The lowest BCUT2D eigenvalue weighted by molar-refractivity contribution is -0.122. The third kappa shape index (κ3) is 4.51. The first kappa shape index (κ1) is 19.0. The maximum Gasteiger partial charge on any atom is 0.266 e. The zero-order valence-corrected chi connectivity index (χ0v) is 16.3. The molecule has 0 atom stereocenters. The van der Waals surface area contributed by atoms with Gasteiger partial charge in [0.15, 0.2) is 11.5 Å². The van der Waals surface area contributed by atoms with E-state index in [0.717, 1.165) is 11.1 Å². The van der Waals surface area contributed by atoms with E-state index in [1.54, 1.807) is 30.2 Å². The number of carbonyl (C=O) groups is 1. The highest BCUT2D eigenvalue weighted by molar-refractivity contribution is 8.26. The molecule has 1 aliphatic rings. The number of benzene rings is 2. The van der Waals surface area contributed by atoms with E-state index < -0.39 is 0 Å². The van der Waals surface area contributed by atoms with E-state index in [0.29, 0.717) is 27.3 Å². The van der Waals surface area contributed by atoms with Crippen molar-refractivity contribution in [2.24, 2.45) is 0 Å². The maximum absolute atomic E-state index is 12.8. The molecule has 0 unspecified atom stereocenters. The molecule has 136 valence electrons. The number of ether oxygens (including phenoxy) is 2. The fourth-order valence-electron chi connectivity index (χ4n) is 2.57. The third-order valence-corrected chi connectivity index (χ3v) is 5.23. The van der Waals surface area contributed by atoms with Gasteiger partial charge < -0.3 is 9.47 Å². The first-order valence-corrected chi connectivity index (χ1v) is 9.38. The molecule has 0 aromatic heterocycles. The number of amides is 1. The van der Waals surface area contributed by atoms with Gasteiger partial charge >= 0.3 is 0 Å². The molecule has 0 saturated carbocycles. The molecule has 2 aromatic rings. The van der Waals surface area contributed by atoms with Crippen LogP contribution in [-0.4, -0.2) is 28.8 Å². The molecule has 0 aliphatic carbocycles. The van der Waals surface area contributed by atoms with E-state index in [2.05, 4.69) is 5.92 Å². The van der Waals surface area contributed by atoms with Crippen LogP contribution < -0.4 is 9.47 Å². The van der Waals surface area contributed by atoms with E-state index in [1.165, 1.54) is 11.8 Å². The van der Waals surface area contributed by atoms with Crippen molar-refractivity contribution in [1.29, 1.82) is 0 Å². The molecule has 0 radical (unpaired) electrons. The Hall–Kier alpha value is -2.75. The Morgan fingerprint density at radius 1 is 1.22 bits per heavy atom. The number of nitrogens with zero attached hydrogens (tertiary/aromatic N) is 1. The van der Waals surface area contributed by atoms with Crippen molar-refractivity contribution in [3.8, 4) is 23.8 Å². The molecule has 1 saturated heterocycles. The number of terminal acetylenes is 1. The Morgan fingerprint density at radius 3 is 2.70 bits per heavy atom. The smallest absolute Gasteiger partial charge is 0.266 e. The fourth-order valence-corrected chi connectivity index (χ4v) is 3.82. The molecule has 0 spiro atoms. The molecule has 1 aliphatic heterocycles. The van der Waals surface area contributed by atoms with Crippen LogP contribution in [0.5, 0.6) is 11.5 Å². The molecule has 3 rings (SSSR count). The number of methoxy groups -OCH3 is 1. The molecule has 4 nitrogen and oxygen atoms in total. The van der Waals surface area contributed by atoms with Gasteiger partial charge in [0.25, 0.3) is 5.91 Å². The Balaban J connectivity index is 1.80. The summed E-state index contributed by atoms with van der Waals surface area (Å²) in [7, 11) is 1.56. The SMILES string of the molecule is C#CCOc1ccc(/C=C2/SC(=S)N(Cc3ccccc3)C2=O)cc1OC. The summed E-state index contributed by atoms with van der Waals surface area (Å²) in [5, 5.41) is 0. The second-order valence-corrected chi connectivity index (χ2v) is 7.33. The van der Waals surface area contributed by atoms with Gasteiger partial charge in [-0.1, -0.05) is 66.3 Å². The van der Waals surface area contributed by atoms with Gasteiger partial charge in [0.1, 0.15) is 10.9 Å². The minimum atomic E-state index is -0.0968. The normalized spacial score (nSPS) is 15.1. The summed E-state index contributed by atoms with van der Waals surface area (Å²) >= 11 is 6.69. The predicted octanol–water partition coefficient (Wildman–Crippen LogP) is 4.11. The highest BCUT2D eigenvalue weighted by Gasteiger charge is 2.31. The molecule has 0 N–H and O–H groups in total. The van der Waals surface area contributed by atoms with Crippen molar-refractivity contribution < 1.29 is 14.3 Å². The molecular weight excluding hydrogens is 378 g/mol. The summed E-state index contributed by atoms with van der Waals surface area (Å²) < 4.78 is 11.3. The van der Waals surface area contributed by atoms with Crippen LogP contribution >= 0.6 is 24.0 Å². The molecule has 27 heavy (non-hydrogen) atoms. The van der Waals surface area contributed by atoms with Gasteiger partial charge in [-0.05, 0) is 29.3 Å². The second-order valence-electron chi connectivity index (χ2n) is 5.66. The van der Waals surface area contributed by atoms with Gasteiger partial charge in [-0.15, -0.1) is 6.42 Å². The van der Waals surface area contributed by atoms with Crippen LogP contribution in [0, 0.1) is 12.3 Å². The monoisotopic (exact) mass is 395 g/mol. The summed E-state index contributed by atoms with van der Waals surface area (Å²) in [6.07, 6.45) is 7.02. The number of rotatable bonds is 6. The number of thiocarbonyl (C=S) groups is 1. The lowest BCUT2D eigenvalue weighted by Gasteiger charge is -2.14. The molecule has 1 fully saturated rings. The standard InChI is InChI=1S/C21H17NO3S2/c1-3-11-25-17-10-9-16(12-18(17)24-2)13-19-20(23)22(21(26)27-19)14-15-7-5-4-6-8-15/h1,4-10,12-13H,11,14H2,2H3/b19-13+. The van der Waals surface area contributed by atoms with Crippen LogP contribution in [0.1, 0.15) is 11.1 Å². The lowest BCUT2D eigenvalue weighted by atomic mass is 10.1. The molecule has 1 heterocycles. The average Bonchev–Trinajstić information content (AvgIpc) is 2.95. The topological polar surface area (TPSA) is 38.8 Å². The number of hydrogen-bond acceptors (Lipinski definition) is 5. The summed E-state index contributed by atoms with van der Waals surface area (Å²) in [5.41, 5.74) is 1.85. The molecular formula is C21H17NO3S2. The van der Waals surface area contributed by atoms with Crippen molar-refractivity contribution in [2.45, 2.75) is 6.54 Å². The summed E-state index contributed by atoms with van der Waals surface area (Å²) in [6.45, 7) is 0.624. The maximum atomic E-state index is 12.8. The largest absolute Gasteiger partial charge is 0.493 e. The van der Waals surface area contributed by atoms with E-state index in [4.69, 9.17) is 28.1 Å². The van der Waals surface area contributed by atoms with Crippen molar-refractivity contribution in [1.82, 2.24) is 4.90 Å². The van der Waals surface area contributed by atoms with Gasteiger partial charge in [0.2, 0.25) is 0 Å². The van der Waals surface area contributed by atoms with Crippen LogP contribution in [0.25, 0.3) is 6.08 Å². The highest BCUT2D eigenvalue weighted by atomic mass is 32.2. The lowest BCUT2D eigenvalue weighted by Crippen LogP contribution is -2.27. The van der Waals surface area contributed by atoms with Gasteiger partial charge in [0, 0.05) is 0 Å². The van der Waals surface area contributed by atoms with Crippen LogP contribution in [0.15, 0.2) is 53.4 Å². The first-order chi connectivity index (χ1) is 13.1. The second kappa shape index (κ2) is 8.76. The van der Waals surface area contributed by atoms with Crippen LogP contribution in [0.4, 0.5) is 0 Å². The molecule has 6 heteroatoms. The molecule has 0 bridgehead atoms. The van der Waals surface area contributed by atoms with Crippen LogP contribution in [0.2, 0.25) is 0 Å². The number of hydrogen-bond donors (Lipinski definition) is 0. The average molecular weight is 396 g/mol. The van der Waals surface area contributed by atoms with Gasteiger partial charge in [-0.3, -0.25) is 9.69 Å². The third-order valence-electron chi connectivity index (χ3n) is 3.85. The summed E-state index contributed by atoms with van der Waals surface area (Å²) in [4.78, 5) is 15.0. The fraction of sp³-hybridized carbons (Fsp3) is 0.143. The van der Waals surface area contributed by atoms with Gasteiger partial charge in [0.05, 0.1) is 18.6 Å². The Kier molecular flexibility index (Phi) is 6.17. The quantitative estimate of drug-likeness (QED) is 0.418. The highest BCUT2D eigenvalue weighted by Crippen LogP contribution is 2.35. The number of thioether (sulfide) groups is 1. The first-order valence-electron chi connectivity index (χ1n) is 8.16. The van der Waals surface area contributed by atoms with Gasteiger partial charge in [-0.2, -0.15) is 0 Å². The van der Waals surface area contributed by atoms with Crippen molar-refractivity contribution >= 4 is 40.3 Å². The number of carbonyl (C=O) groups excluding carboxylic acids is 1. The van der Waals surface area contributed by atoms with Crippen molar-refractivity contribution in [2.75, 3.05) is 13.7 Å². The molecule has 2 aromatic carbocycles. The van der Waals surface area contributed by atoms with Crippen molar-refractivity contribution in [3.05, 3.63) is 64.6 Å². The predicted molar refractivity (Wildman–Crippen MR) is 112 cm³/mol. The van der Waals surface area contributed by atoms with E-state index in [9.17, 15) is 4.79 Å². The summed E-state index contributed by atoms with van der Waals surface area (Å²) in [5.74, 6) is 3.44. The minimum Gasteiger partial charge on any atom is -0.493 e. The van der Waals surface area contributed by atoms with E-state index in [1.807, 2.05) is 36.4 Å². The van der Waals surface area contributed by atoms with Crippen molar-refractivity contribution in [3.63, 3.8) is 0 Å². The van der Waals surface area contributed by atoms with Crippen LogP contribution in [0.3, 0.4) is 0 Å². The van der Waals surface area contributed by atoms with Crippen LogP contribution in [-0.2, 0) is 11.3 Å². The Morgan fingerprint density at radius 2 is 2.00 bits per heavy atom. The van der Waals surface area contributed by atoms with E-state index in [-0.39, 0.29) is 12.5 Å². The summed E-state index contributed by atoms with van der Waals surface area (Å²) in [6, 6.07) is 15.2. The van der Waals surface area contributed by atoms with Gasteiger partial charge in [-0.25, -0.2) is 0 Å². The van der Waals surface area contributed by atoms with E-state index >= 15 is 0 Å². The Bertz CT molecular complexity index is 932. The zero-order chi connectivity index (χ0) is 19.2.